The highest BCUT2D eigenvalue weighted by Gasteiger charge is 2.36. The van der Waals surface area contributed by atoms with Crippen LogP contribution in [0.1, 0.15) is 114 Å². The van der Waals surface area contributed by atoms with Gasteiger partial charge in [0.1, 0.15) is 0 Å². The summed E-state index contributed by atoms with van der Waals surface area (Å²) in [5.74, 6) is 3.67. The molecule has 4 rings (SSSR count). The molecule has 0 N–H and O–H groups in total. The molecular weight excluding hydrogens is 398 g/mol. The maximum absolute atomic E-state index is 14.8. The highest BCUT2D eigenvalue weighted by atomic mass is 19.2. The average molecular weight is 443 g/mol. The fraction of sp³-hybridized carbons (Fsp3) is 0.733. The summed E-state index contributed by atoms with van der Waals surface area (Å²) in [6.07, 6.45) is 20.4. The Kier molecular flexibility index (Phi) is 8.46. The van der Waals surface area contributed by atoms with Gasteiger partial charge in [-0.15, -0.1) is 6.58 Å². The van der Waals surface area contributed by atoms with E-state index in [0.29, 0.717) is 24.0 Å². The molecule has 0 aromatic heterocycles. The molecule has 0 radical (unpaired) electrons. The molecular formula is C30H44F2. The summed E-state index contributed by atoms with van der Waals surface area (Å²) < 4.78 is 29.3. The van der Waals surface area contributed by atoms with Crippen molar-refractivity contribution in [1.82, 2.24) is 0 Å². The van der Waals surface area contributed by atoms with E-state index in [1.807, 2.05) is 6.07 Å². The minimum absolute atomic E-state index is 0.194. The molecule has 0 saturated heterocycles. The number of rotatable bonds is 8. The Hall–Kier alpha value is -1.18. The summed E-state index contributed by atoms with van der Waals surface area (Å²) in [4.78, 5) is 0. The molecule has 0 aliphatic heterocycles. The molecule has 2 heteroatoms. The van der Waals surface area contributed by atoms with Crippen molar-refractivity contribution in [3.63, 3.8) is 0 Å². The van der Waals surface area contributed by atoms with Crippen LogP contribution in [0.2, 0.25) is 0 Å². The van der Waals surface area contributed by atoms with E-state index in [1.165, 1.54) is 70.6 Å². The number of hydrogen-bond acceptors (Lipinski definition) is 0. The zero-order chi connectivity index (χ0) is 22.5. The van der Waals surface area contributed by atoms with E-state index in [-0.39, 0.29) is 5.92 Å². The second-order valence-electron chi connectivity index (χ2n) is 11.3. The number of benzene rings is 1. The average Bonchev–Trinajstić information content (AvgIpc) is 3.29. The highest BCUT2D eigenvalue weighted by molar-refractivity contribution is 5.29. The minimum Gasteiger partial charge on any atom is -0.203 e. The lowest BCUT2D eigenvalue weighted by molar-refractivity contribution is 0.133. The van der Waals surface area contributed by atoms with Crippen molar-refractivity contribution in [2.24, 2.45) is 29.6 Å². The molecule has 0 spiro atoms. The Bertz CT molecular complexity index is 737. The summed E-state index contributed by atoms with van der Waals surface area (Å²) in [6.45, 7) is 6.01. The molecule has 3 aliphatic rings. The quantitative estimate of drug-likeness (QED) is 0.352. The van der Waals surface area contributed by atoms with Crippen LogP contribution in [-0.2, 0) is 6.42 Å². The lowest BCUT2D eigenvalue weighted by Gasteiger charge is -2.39. The third kappa shape index (κ3) is 5.48. The van der Waals surface area contributed by atoms with E-state index >= 15 is 0 Å². The van der Waals surface area contributed by atoms with Gasteiger partial charge in [0.15, 0.2) is 11.6 Å². The third-order valence-electron chi connectivity index (χ3n) is 9.45. The largest absolute Gasteiger partial charge is 0.203 e. The first kappa shape index (κ1) is 24.0. The van der Waals surface area contributed by atoms with Gasteiger partial charge in [0, 0.05) is 0 Å². The van der Waals surface area contributed by atoms with Crippen molar-refractivity contribution in [2.75, 3.05) is 0 Å². The fourth-order valence-corrected chi connectivity index (χ4v) is 7.57. The molecule has 3 fully saturated rings. The molecule has 3 aliphatic carbocycles. The zero-order valence-corrected chi connectivity index (χ0v) is 20.3. The Labute approximate surface area is 195 Å². The molecule has 1 aromatic rings. The van der Waals surface area contributed by atoms with Gasteiger partial charge < -0.3 is 0 Å². The Morgan fingerprint density at radius 3 is 2.03 bits per heavy atom. The van der Waals surface area contributed by atoms with Crippen molar-refractivity contribution in [2.45, 2.75) is 109 Å². The Balaban J connectivity index is 1.25. The smallest absolute Gasteiger partial charge is 0.162 e. The lowest BCUT2D eigenvalue weighted by atomic mass is 9.66. The predicted octanol–water partition coefficient (Wildman–Crippen LogP) is 9.38. The first-order valence-electron chi connectivity index (χ1n) is 13.7. The van der Waals surface area contributed by atoms with Crippen molar-refractivity contribution < 1.29 is 8.78 Å². The van der Waals surface area contributed by atoms with E-state index in [1.54, 1.807) is 12.1 Å². The Morgan fingerprint density at radius 2 is 1.41 bits per heavy atom. The van der Waals surface area contributed by atoms with Crippen LogP contribution in [0.15, 0.2) is 24.8 Å². The van der Waals surface area contributed by atoms with Crippen molar-refractivity contribution in [3.8, 4) is 0 Å². The predicted molar refractivity (Wildman–Crippen MR) is 131 cm³/mol. The second-order valence-corrected chi connectivity index (χ2v) is 11.3. The van der Waals surface area contributed by atoms with Gasteiger partial charge in [0.25, 0.3) is 0 Å². The van der Waals surface area contributed by atoms with Gasteiger partial charge in [-0.05, 0) is 124 Å². The zero-order valence-electron chi connectivity index (χ0n) is 20.3. The summed E-state index contributed by atoms with van der Waals surface area (Å²) in [5, 5.41) is 0. The van der Waals surface area contributed by atoms with Crippen molar-refractivity contribution >= 4 is 0 Å². The molecule has 3 saturated carbocycles. The summed E-state index contributed by atoms with van der Waals surface area (Å²) >= 11 is 0. The van der Waals surface area contributed by atoms with Gasteiger partial charge in [0.2, 0.25) is 0 Å². The van der Waals surface area contributed by atoms with Crippen LogP contribution < -0.4 is 0 Å². The first-order chi connectivity index (χ1) is 15.6. The summed E-state index contributed by atoms with van der Waals surface area (Å²) in [5.41, 5.74) is 1.11. The van der Waals surface area contributed by atoms with Crippen LogP contribution in [0.4, 0.5) is 8.78 Å². The normalized spacial score (nSPS) is 33.3. The molecule has 2 unspecified atom stereocenters. The first-order valence-corrected chi connectivity index (χ1v) is 13.7. The van der Waals surface area contributed by atoms with Crippen LogP contribution in [-0.4, -0.2) is 0 Å². The molecule has 0 bridgehead atoms. The number of halogens is 2. The molecule has 0 nitrogen and oxygen atoms in total. The van der Waals surface area contributed by atoms with Crippen LogP contribution in [0, 0.1) is 41.2 Å². The lowest BCUT2D eigenvalue weighted by Crippen LogP contribution is -2.27. The fourth-order valence-electron chi connectivity index (χ4n) is 7.57. The van der Waals surface area contributed by atoms with E-state index in [9.17, 15) is 8.78 Å². The maximum atomic E-state index is 14.8. The standard InChI is InChI=1S/C30H44F2/c1-3-5-7-26-18-19-28(30(32)29(26)31)25-16-14-23(15-17-25)22-10-12-24(13-11-22)27-9-8-21(20-27)6-4-2/h3,18-19,21-25,27H,1,4-17,20H2,2H3. The van der Waals surface area contributed by atoms with Gasteiger partial charge in [-0.1, -0.05) is 44.4 Å². The van der Waals surface area contributed by atoms with E-state index in [2.05, 4.69) is 13.5 Å². The topological polar surface area (TPSA) is 0 Å². The van der Waals surface area contributed by atoms with Gasteiger partial charge >= 0.3 is 0 Å². The number of hydrogen-bond donors (Lipinski definition) is 0. The number of aryl methyl sites for hydroxylation is 1. The second kappa shape index (κ2) is 11.3. The van der Waals surface area contributed by atoms with Gasteiger partial charge in [0.05, 0.1) is 0 Å². The molecule has 2 atom stereocenters. The number of allylic oxidation sites excluding steroid dienone is 1. The monoisotopic (exact) mass is 442 g/mol. The minimum atomic E-state index is -0.627. The highest BCUT2D eigenvalue weighted by Crippen LogP contribution is 2.48. The summed E-state index contributed by atoms with van der Waals surface area (Å²) in [7, 11) is 0. The van der Waals surface area contributed by atoms with Crippen molar-refractivity contribution in [1.29, 1.82) is 0 Å². The maximum Gasteiger partial charge on any atom is 0.162 e. The van der Waals surface area contributed by atoms with Gasteiger partial charge in [-0.3, -0.25) is 0 Å². The molecule has 1 aromatic carbocycles. The Morgan fingerprint density at radius 1 is 0.812 bits per heavy atom. The molecule has 178 valence electrons. The van der Waals surface area contributed by atoms with Crippen molar-refractivity contribution in [3.05, 3.63) is 47.5 Å². The third-order valence-corrected chi connectivity index (χ3v) is 9.45. The molecule has 0 heterocycles. The van der Waals surface area contributed by atoms with Gasteiger partial charge in [-0.2, -0.15) is 0 Å². The summed E-state index contributed by atoms with van der Waals surface area (Å²) in [6, 6.07) is 3.67. The SMILES string of the molecule is C=CCCc1ccc(C2CCC(C3CCC(C4CCC(CCC)C4)CC3)CC2)c(F)c1F. The van der Waals surface area contributed by atoms with E-state index < -0.39 is 11.6 Å². The molecule has 32 heavy (non-hydrogen) atoms. The van der Waals surface area contributed by atoms with Gasteiger partial charge in [-0.25, -0.2) is 8.78 Å². The van der Waals surface area contributed by atoms with E-state index in [0.717, 1.165) is 42.4 Å². The van der Waals surface area contributed by atoms with Crippen LogP contribution >= 0.6 is 0 Å². The molecule has 0 amide bonds. The van der Waals surface area contributed by atoms with Crippen LogP contribution in [0.25, 0.3) is 0 Å². The van der Waals surface area contributed by atoms with E-state index in [4.69, 9.17) is 0 Å². The van der Waals surface area contributed by atoms with Crippen LogP contribution in [0.3, 0.4) is 0 Å². The van der Waals surface area contributed by atoms with Crippen LogP contribution in [0.5, 0.6) is 0 Å².